The Balaban J connectivity index is 1.58. The molecule has 0 radical (unpaired) electrons. The zero-order valence-corrected chi connectivity index (χ0v) is 14.5. The molecule has 0 aliphatic carbocycles. The number of anilines is 1. The first-order valence-electron chi connectivity index (χ1n) is 7.77. The van der Waals surface area contributed by atoms with E-state index in [1.54, 1.807) is 29.8 Å². The number of thioether (sulfide) groups is 1. The van der Waals surface area contributed by atoms with Crippen LogP contribution in [0.2, 0.25) is 0 Å². The van der Waals surface area contributed by atoms with E-state index in [4.69, 9.17) is 0 Å². The number of aromatic nitrogens is 3. The maximum atomic E-state index is 13.9. The van der Waals surface area contributed by atoms with Crippen LogP contribution in [-0.2, 0) is 11.8 Å². The maximum Gasteiger partial charge on any atom is 0.225 e. The Morgan fingerprint density at radius 2 is 1.84 bits per heavy atom. The molecule has 1 amide bonds. The Kier molecular flexibility index (Phi) is 5.45. The van der Waals surface area contributed by atoms with Crippen molar-refractivity contribution in [1.29, 1.82) is 0 Å². The molecule has 0 fully saturated rings. The third-order valence-electron chi connectivity index (χ3n) is 3.57. The topological polar surface area (TPSA) is 59.8 Å². The summed E-state index contributed by atoms with van der Waals surface area (Å²) < 4.78 is 15.6. The van der Waals surface area contributed by atoms with Crippen molar-refractivity contribution < 1.29 is 9.18 Å². The molecule has 0 atom stereocenters. The molecule has 0 spiro atoms. The molecule has 2 aromatic carbocycles. The van der Waals surface area contributed by atoms with Crippen LogP contribution in [-0.4, -0.2) is 26.4 Å². The van der Waals surface area contributed by atoms with Gasteiger partial charge < -0.3 is 9.88 Å². The van der Waals surface area contributed by atoms with Crippen LogP contribution in [0.1, 0.15) is 6.42 Å². The normalized spacial score (nSPS) is 10.6. The van der Waals surface area contributed by atoms with Gasteiger partial charge in [-0.3, -0.25) is 4.79 Å². The quantitative estimate of drug-likeness (QED) is 0.684. The Morgan fingerprint density at radius 1 is 1.12 bits per heavy atom. The van der Waals surface area contributed by atoms with Gasteiger partial charge in [0.25, 0.3) is 0 Å². The zero-order valence-electron chi connectivity index (χ0n) is 13.6. The van der Waals surface area contributed by atoms with E-state index in [1.165, 1.54) is 17.8 Å². The van der Waals surface area contributed by atoms with Crippen molar-refractivity contribution in [3.63, 3.8) is 0 Å². The number of nitrogens with zero attached hydrogens (tertiary/aromatic N) is 3. The number of hydrogen-bond donors (Lipinski definition) is 1. The van der Waals surface area contributed by atoms with Gasteiger partial charge in [0, 0.05) is 24.9 Å². The van der Waals surface area contributed by atoms with Crippen molar-refractivity contribution in [3.05, 3.63) is 60.4 Å². The number of carbonyl (C=O) groups excluding carboxylic acids is 1. The highest BCUT2D eigenvalue weighted by Crippen LogP contribution is 2.24. The summed E-state index contributed by atoms with van der Waals surface area (Å²) in [5.74, 6) is 0.628. The van der Waals surface area contributed by atoms with Gasteiger partial charge in [-0.05, 0) is 24.3 Å². The fraction of sp³-hybridized carbons (Fsp3) is 0.167. The molecule has 1 aromatic heterocycles. The van der Waals surface area contributed by atoms with Gasteiger partial charge in [-0.25, -0.2) is 4.39 Å². The van der Waals surface area contributed by atoms with Crippen LogP contribution < -0.4 is 5.32 Å². The fourth-order valence-corrected chi connectivity index (χ4v) is 3.15. The van der Waals surface area contributed by atoms with Crippen molar-refractivity contribution in [2.24, 2.45) is 7.05 Å². The molecule has 0 saturated heterocycles. The monoisotopic (exact) mass is 356 g/mol. The average Bonchev–Trinajstić information content (AvgIpc) is 2.97. The van der Waals surface area contributed by atoms with Crippen molar-refractivity contribution in [2.75, 3.05) is 11.1 Å². The van der Waals surface area contributed by atoms with E-state index in [0.29, 0.717) is 28.7 Å². The zero-order chi connectivity index (χ0) is 17.6. The third-order valence-corrected chi connectivity index (χ3v) is 4.59. The van der Waals surface area contributed by atoms with Gasteiger partial charge in [0.15, 0.2) is 11.0 Å². The van der Waals surface area contributed by atoms with Crippen LogP contribution in [0.5, 0.6) is 0 Å². The van der Waals surface area contributed by atoms with Gasteiger partial charge >= 0.3 is 0 Å². The summed E-state index contributed by atoms with van der Waals surface area (Å²) in [4.78, 5) is 11.9. The molecule has 5 nitrogen and oxygen atoms in total. The van der Waals surface area contributed by atoms with E-state index in [-0.39, 0.29) is 11.7 Å². The van der Waals surface area contributed by atoms with Gasteiger partial charge in [0.05, 0.1) is 5.56 Å². The highest BCUT2D eigenvalue weighted by atomic mass is 32.2. The lowest BCUT2D eigenvalue weighted by Crippen LogP contribution is -2.12. The SMILES string of the molecule is Cn1c(SCCC(=O)Nc2ccccc2)nnc1-c1ccccc1F. The van der Waals surface area contributed by atoms with Crippen LogP contribution in [0.15, 0.2) is 59.8 Å². The van der Waals surface area contributed by atoms with E-state index < -0.39 is 0 Å². The van der Waals surface area contributed by atoms with Crippen molar-refractivity contribution in [3.8, 4) is 11.4 Å². The molecule has 0 saturated carbocycles. The second-order valence-corrected chi connectivity index (χ2v) is 6.42. The van der Waals surface area contributed by atoms with Crippen molar-refractivity contribution in [2.45, 2.75) is 11.6 Å². The number of hydrogen-bond acceptors (Lipinski definition) is 4. The van der Waals surface area contributed by atoms with Gasteiger partial charge in [0.2, 0.25) is 5.91 Å². The predicted octanol–water partition coefficient (Wildman–Crippen LogP) is 3.74. The number of para-hydroxylation sites is 1. The summed E-state index contributed by atoms with van der Waals surface area (Å²) in [5, 5.41) is 11.6. The number of nitrogens with one attached hydrogen (secondary N) is 1. The minimum Gasteiger partial charge on any atom is -0.326 e. The molecule has 0 aliphatic heterocycles. The van der Waals surface area contributed by atoms with Gasteiger partial charge in [0.1, 0.15) is 5.82 Å². The van der Waals surface area contributed by atoms with E-state index in [2.05, 4.69) is 15.5 Å². The summed E-state index contributed by atoms with van der Waals surface area (Å²) in [6.07, 6.45) is 0.349. The summed E-state index contributed by atoms with van der Waals surface area (Å²) in [6.45, 7) is 0. The fourth-order valence-electron chi connectivity index (χ4n) is 2.30. The molecule has 3 aromatic rings. The first-order chi connectivity index (χ1) is 12.1. The molecular formula is C18H17FN4OS. The third kappa shape index (κ3) is 4.24. The van der Waals surface area contributed by atoms with E-state index >= 15 is 0 Å². The van der Waals surface area contributed by atoms with E-state index in [9.17, 15) is 9.18 Å². The molecular weight excluding hydrogens is 339 g/mol. The number of rotatable bonds is 6. The summed E-state index contributed by atoms with van der Waals surface area (Å²) in [6, 6.07) is 15.8. The van der Waals surface area contributed by atoms with Crippen LogP contribution >= 0.6 is 11.8 Å². The van der Waals surface area contributed by atoms with Crippen molar-refractivity contribution in [1.82, 2.24) is 14.8 Å². The molecule has 1 heterocycles. The van der Waals surface area contributed by atoms with E-state index in [0.717, 1.165) is 5.69 Å². The lowest BCUT2D eigenvalue weighted by Gasteiger charge is -2.06. The Bertz CT molecular complexity index is 867. The lowest BCUT2D eigenvalue weighted by molar-refractivity contribution is -0.115. The maximum absolute atomic E-state index is 13.9. The lowest BCUT2D eigenvalue weighted by atomic mass is 10.2. The Morgan fingerprint density at radius 3 is 2.60 bits per heavy atom. The van der Waals surface area contributed by atoms with Gasteiger partial charge in [-0.15, -0.1) is 10.2 Å². The highest BCUT2D eigenvalue weighted by Gasteiger charge is 2.14. The standard InChI is InChI=1S/C18H17FN4OS/c1-23-17(14-9-5-6-10-15(14)19)21-22-18(23)25-12-11-16(24)20-13-7-3-2-4-8-13/h2-10H,11-12H2,1H3,(H,20,24). The number of amides is 1. The van der Waals surface area contributed by atoms with E-state index in [1.807, 2.05) is 30.3 Å². The summed E-state index contributed by atoms with van der Waals surface area (Å²) in [5.41, 5.74) is 1.18. The summed E-state index contributed by atoms with van der Waals surface area (Å²) in [7, 11) is 1.79. The molecule has 25 heavy (non-hydrogen) atoms. The molecule has 7 heteroatoms. The minimum absolute atomic E-state index is 0.0600. The Labute approximate surface area is 149 Å². The number of benzene rings is 2. The molecule has 1 N–H and O–H groups in total. The van der Waals surface area contributed by atoms with Crippen LogP contribution in [0.25, 0.3) is 11.4 Å². The number of halogens is 1. The second kappa shape index (κ2) is 7.94. The predicted molar refractivity (Wildman–Crippen MR) is 96.8 cm³/mol. The average molecular weight is 356 g/mol. The number of carbonyl (C=O) groups is 1. The van der Waals surface area contributed by atoms with Crippen LogP contribution in [0.3, 0.4) is 0 Å². The second-order valence-electron chi connectivity index (χ2n) is 5.36. The molecule has 0 bridgehead atoms. The minimum atomic E-state index is -0.336. The largest absolute Gasteiger partial charge is 0.326 e. The molecule has 128 valence electrons. The van der Waals surface area contributed by atoms with Crippen LogP contribution in [0.4, 0.5) is 10.1 Å². The van der Waals surface area contributed by atoms with Gasteiger partial charge in [-0.2, -0.15) is 0 Å². The first kappa shape index (κ1) is 17.2. The van der Waals surface area contributed by atoms with Gasteiger partial charge in [-0.1, -0.05) is 42.1 Å². The molecule has 3 rings (SSSR count). The molecule has 0 aliphatic rings. The summed E-state index contributed by atoms with van der Waals surface area (Å²) >= 11 is 1.41. The van der Waals surface area contributed by atoms with Crippen molar-refractivity contribution >= 4 is 23.4 Å². The first-order valence-corrected chi connectivity index (χ1v) is 8.75. The Hall–Kier alpha value is -2.67. The smallest absolute Gasteiger partial charge is 0.225 e. The van der Waals surface area contributed by atoms with Crippen LogP contribution in [0, 0.1) is 5.82 Å². The highest BCUT2D eigenvalue weighted by molar-refractivity contribution is 7.99. The molecule has 0 unspecified atom stereocenters.